The van der Waals surface area contributed by atoms with Crippen molar-refractivity contribution in [2.75, 3.05) is 5.32 Å². The van der Waals surface area contributed by atoms with Gasteiger partial charge in [0.1, 0.15) is 5.41 Å². The first-order chi connectivity index (χ1) is 13.2. The molecule has 0 fully saturated rings. The second kappa shape index (κ2) is 6.99. The number of anilines is 1. The quantitative estimate of drug-likeness (QED) is 0.629. The van der Waals surface area contributed by atoms with Crippen LogP contribution < -0.4 is 5.32 Å². The van der Waals surface area contributed by atoms with Crippen LogP contribution in [0.2, 0.25) is 0 Å². The number of Topliss-reactive ketones (excluding diaryl/α,β-unsaturated/α-hetero) is 1. The smallest absolute Gasteiger partial charge is 0.243 e. The van der Waals surface area contributed by atoms with Gasteiger partial charge < -0.3 is 5.32 Å². The van der Waals surface area contributed by atoms with E-state index >= 15 is 0 Å². The van der Waals surface area contributed by atoms with Crippen LogP contribution in [0, 0.1) is 0 Å². The number of carbonyl (C=O) groups is 2. The average Bonchev–Trinajstić information content (AvgIpc) is 2.99. The molecule has 1 aliphatic heterocycles. The van der Waals surface area contributed by atoms with Crippen LogP contribution in [0.1, 0.15) is 37.3 Å². The molecular weight excluding hydrogens is 334 g/mol. The number of para-hydroxylation sites is 1. The highest BCUT2D eigenvalue weighted by Gasteiger charge is 2.51. The Morgan fingerprint density at radius 3 is 2.56 bits per heavy atom. The highest BCUT2D eigenvalue weighted by Crippen LogP contribution is 2.42. The maximum Gasteiger partial charge on any atom is 0.243 e. The van der Waals surface area contributed by atoms with Crippen LogP contribution in [0.25, 0.3) is 10.8 Å². The van der Waals surface area contributed by atoms with Gasteiger partial charge >= 0.3 is 0 Å². The van der Waals surface area contributed by atoms with Gasteiger partial charge in [0.05, 0.1) is 0 Å². The number of ketones is 1. The van der Waals surface area contributed by atoms with Crippen LogP contribution in [-0.4, -0.2) is 11.7 Å². The maximum atomic E-state index is 13.4. The topological polar surface area (TPSA) is 46.2 Å². The van der Waals surface area contributed by atoms with Crippen molar-refractivity contribution in [2.24, 2.45) is 0 Å². The van der Waals surface area contributed by atoms with E-state index in [1.807, 2.05) is 48.5 Å². The van der Waals surface area contributed by atoms with E-state index in [9.17, 15) is 9.59 Å². The first kappa shape index (κ1) is 17.5. The zero-order valence-corrected chi connectivity index (χ0v) is 15.5. The van der Waals surface area contributed by atoms with Crippen molar-refractivity contribution in [3.63, 3.8) is 0 Å². The molecule has 1 heterocycles. The Kier molecular flexibility index (Phi) is 4.53. The Bertz CT molecular complexity index is 1020. The minimum atomic E-state index is -1.14. The van der Waals surface area contributed by atoms with Gasteiger partial charge in [-0.1, -0.05) is 74.0 Å². The number of unbranched alkanes of at least 4 members (excludes halogenated alkanes) is 1. The van der Waals surface area contributed by atoms with Gasteiger partial charge in [-0.3, -0.25) is 9.59 Å². The van der Waals surface area contributed by atoms with Gasteiger partial charge in [-0.15, -0.1) is 0 Å². The molecule has 3 aromatic carbocycles. The molecule has 1 atom stereocenters. The number of nitrogens with one attached hydrogen (secondary N) is 1. The molecule has 1 aliphatic rings. The van der Waals surface area contributed by atoms with E-state index in [2.05, 4.69) is 30.4 Å². The molecular formula is C24H23NO2. The Morgan fingerprint density at radius 2 is 1.70 bits per heavy atom. The van der Waals surface area contributed by atoms with Gasteiger partial charge in [-0.05, 0) is 40.8 Å². The van der Waals surface area contributed by atoms with Crippen LogP contribution in [-0.2, 0) is 21.4 Å². The number of hydrogen-bond donors (Lipinski definition) is 1. The van der Waals surface area contributed by atoms with Crippen molar-refractivity contribution in [2.45, 2.75) is 38.0 Å². The van der Waals surface area contributed by atoms with Crippen molar-refractivity contribution < 1.29 is 9.59 Å². The van der Waals surface area contributed by atoms with Gasteiger partial charge in [0.25, 0.3) is 0 Å². The molecule has 3 aromatic rings. The Hall–Kier alpha value is -2.94. The number of carbonyl (C=O) groups excluding carboxylic acids is 2. The lowest BCUT2D eigenvalue weighted by Gasteiger charge is -2.27. The van der Waals surface area contributed by atoms with Crippen LogP contribution >= 0.6 is 0 Å². The standard InChI is InChI=1S/C24H23NO2/c1-2-3-15-22(26)24(20-13-6-7-14-21(20)25-23(24)27)16-18-11-8-10-17-9-4-5-12-19(17)18/h4-14H,2-3,15-16H2,1H3,(H,25,27). The Balaban J connectivity index is 1.87. The molecule has 0 bridgehead atoms. The minimum Gasteiger partial charge on any atom is -0.325 e. The summed E-state index contributed by atoms with van der Waals surface area (Å²) in [5, 5.41) is 5.17. The SMILES string of the molecule is CCCCC(=O)C1(Cc2cccc3ccccc23)C(=O)Nc2ccccc21. The number of fused-ring (bicyclic) bond motifs is 2. The van der Waals surface area contributed by atoms with Gasteiger partial charge in [0.15, 0.2) is 5.78 Å². The monoisotopic (exact) mass is 357 g/mol. The number of benzene rings is 3. The van der Waals surface area contributed by atoms with E-state index in [1.165, 1.54) is 0 Å². The van der Waals surface area contributed by atoms with Crippen molar-refractivity contribution in [1.29, 1.82) is 0 Å². The van der Waals surface area contributed by atoms with Gasteiger partial charge in [0, 0.05) is 12.1 Å². The zero-order chi connectivity index (χ0) is 18.9. The van der Waals surface area contributed by atoms with Gasteiger partial charge in [0.2, 0.25) is 5.91 Å². The van der Waals surface area contributed by atoms with Crippen LogP contribution in [0.3, 0.4) is 0 Å². The fourth-order valence-corrected chi connectivity index (χ4v) is 4.15. The molecule has 3 nitrogen and oxygen atoms in total. The van der Waals surface area contributed by atoms with Crippen molar-refractivity contribution in [1.82, 2.24) is 0 Å². The molecule has 4 rings (SSSR count). The Morgan fingerprint density at radius 1 is 0.963 bits per heavy atom. The molecule has 0 spiro atoms. The predicted molar refractivity (Wildman–Crippen MR) is 109 cm³/mol. The summed E-state index contributed by atoms with van der Waals surface area (Å²) >= 11 is 0. The largest absolute Gasteiger partial charge is 0.325 e. The summed E-state index contributed by atoms with van der Waals surface area (Å²) in [5.41, 5.74) is 1.46. The molecule has 0 aliphatic carbocycles. The van der Waals surface area contributed by atoms with Crippen molar-refractivity contribution in [3.05, 3.63) is 77.9 Å². The minimum absolute atomic E-state index is 0.0136. The van der Waals surface area contributed by atoms with Crippen LogP contribution in [0.15, 0.2) is 66.7 Å². The molecule has 0 aromatic heterocycles. The number of amides is 1. The summed E-state index contributed by atoms with van der Waals surface area (Å²) in [6.07, 6.45) is 2.54. The predicted octanol–water partition coefficient (Wildman–Crippen LogP) is 5.03. The van der Waals surface area contributed by atoms with E-state index in [0.717, 1.165) is 40.4 Å². The summed E-state index contributed by atoms with van der Waals surface area (Å²) in [7, 11) is 0. The fraction of sp³-hybridized carbons (Fsp3) is 0.250. The molecule has 136 valence electrons. The molecule has 0 saturated heterocycles. The summed E-state index contributed by atoms with van der Waals surface area (Å²) in [6.45, 7) is 2.06. The van der Waals surface area contributed by atoms with E-state index in [4.69, 9.17) is 0 Å². The van der Waals surface area contributed by atoms with Crippen LogP contribution in [0.5, 0.6) is 0 Å². The van der Waals surface area contributed by atoms with E-state index in [1.54, 1.807) is 0 Å². The summed E-state index contributed by atoms with van der Waals surface area (Å²) in [4.78, 5) is 26.5. The first-order valence-electron chi connectivity index (χ1n) is 9.57. The van der Waals surface area contributed by atoms with E-state index in [-0.39, 0.29) is 11.7 Å². The highest BCUT2D eigenvalue weighted by molar-refractivity contribution is 6.21. The third-order valence-electron chi connectivity index (χ3n) is 5.59. The second-order valence-corrected chi connectivity index (χ2v) is 7.25. The molecule has 1 unspecified atom stereocenters. The van der Waals surface area contributed by atoms with Crippen molar-refractivity contribution >= 4 is 28.2 Å². The molecule has 0 saturated carbocycles. The van der Waals surface area contributed by atoms with Gasteiger partial charge in [-0.25, -0.2) is 0 Å². The lowest BCUT2D eigenvalue weighted by atomic mass is 9.71. The van der Waals surface area contributed by atoms with E-state index < -0.39 is 5.41 Å². The summed E-state index contributed by atoms with van der Waals surface area (Å²) in [5.74, 6) is -0.183. The summed E-state index contributed by atoms with van der Waals surface area (Å²) in [6, 6.07) is 21.8. The molecule has 1 amide bonds. The molecule has 0 radical (unpaired) electrons. The molecule has 27 heavy (non-hydrogen) atoms. The lowest BCUT2D eigenvalue weighted by molar-refractivity contribution is -0.133. The third kappa shape index (κ3) is 2.84. The normalized spacial score (nSPS) is 18.3. The zero-order valence-electron chi connectivity index (χ0n) is 15.5. The highest BCUT2D eigenvalue weighted by atomic mass is 16.2. The molecule has 1 N–H and O–H groups in total. The third-order valence-corrected chi connectivity index (χ3v) is 5.59. The summed E-state index contributed by atoms with van der Waals surface area (Å²) < 4.78 is 0. The second-order valence-electron chi connectivity index (χ2n) is 7.25. The Labute approximate surface area is 159 Å². The van der Waals surface area contributed by atoms with Crippen molar-refractivity contribution in [3.8, 4) is 0 Å². The first-order valence-corrected chi connectivity index (χ1v) is 9.57. The average molecular weight is 357 g/mol. The number of rotatable bonds is 6. The number of hydrogen-bond acceptors (Lipinski definition) is 2. The molecule has 3 heteroatoms. The fourth-order valence-electron chi connectivity index (χ4n) is 4.15. The van der Waals surface area contributed by atoms with E-state index in [0.29, 0.717) is 12.8 Å². The van der Waals surface area contributed by atoms with Gasteiger partial charge in [-0.2, -0.15) is 0 Å². The van der Waals surface area contributed by atoms with Crippen LogP contribution in [0.4, 0.5) is 5.69 Å². The maximum absolute atomic E-state index is 13.4. The lowest BCUT2D eigenvalue weighted by Crippen LogP contribution is -2.44.